The molecule has 0 aliphatic rings. The Labute approximate surface area is 170 Å². The lowest BCUT2D eigenvalue weighted by molar-refractivity contribution is 0.470. The average Bonchev–Trinajstić information content (AvgIpc) is 2.94. The summed E-state index contributed by atoms with van der Waals surface area (Å²) in [5, 5.41) is 7.42. The van der Waals surface area contributed by atoms with Gasteiger partial charge in [-0.25, -0.2) is 4.98 Å². The Kier molecular flexibility index (Phi) is 9.61. The maximum atomic E-state index is 6.18. The summed E-state index contributed by atoms with van der Waals surface area (Å²) in [6.45, 7) is 3.64. The third-order valence-electron chi connectivity index (χ3n) is 3.50. The second-order valence-electron chi connectivity index (χ2n) is 5.38. The Hall–Kier alpha value is -0.860. The SMILES string of the molecule is CN=C(NCCCc1ccccc1Cl)N(C)Cc1csc(C)n1.I. The lowest BCUT2D eigenvalue weighted by Crippen LogP contribution is -2.39. The molecule has 0 saturated heterocycles. The van der Waals surface area contributed by atoms with Crippen LogP contribution in [0.3, 0.4) is 0 Å². The van der Waals surface area contributed by atoms with Gasteiger partial charge in [0.1, 0.15) is 0 Å². The first kappa shape index (κ1) is 21.2. The monoisotopic (exact) mass is 478 g/mol. The molecule has 7 heteroatoms. The standard InChI is InChI=1S/C17H23ClN4S.HI/c1-13-21-15(12-23-13)11-22(3)17(19-2)20-10-6-8-14-7-4-5-9-16(14)18;/h4-5,7,9,12H,6,8,10-11H2,1-3H3,(H,19,20);1H. The summed E-state index contributed by atoms with van der Waals surface area (Å²) < 4.78 is 0. The molecule has 0 saturated carbocycles. The van der Waals surface area contributed by atoms with Crippen LogP contribution in [-0.4, -0.2) is 36.5 Å². The molecular weight excluding hydrogens is 455 g/mol. The molecule has 1 aromatic carbocycles. The molecule has 1 heterocycles. The second kappa shape index (κ2) is 10.9. The molecule has 132 valence electrons. The highest BCUT2D eigenvalue weighted by molar-refractivity contribution is 14.0. The number of hydrogen-bond acceptors (Lipinski definition) is 3. The lowest BCUT2D eigenvalue weighted by atomic mass is 10.1. The molecule has 0 spiro atoms. The zero-order chi connectivity index (χ0) is 16.7. The molecule has 0 amide bonds. The van der Waals surface area contributed by atoms with Gasteiger partial charge in [0.2, 0.25) is 0 Å². The van der Waals surface area contributed by atoms with Crippen LogP contribution in [0.1, 0.15) is 22.7 Å². The Morgan fingerprint density at radius 1 is 1.38 bits per heavy atom. The summed E-state index contributed by atoms with van der Waals surface area (Å²) in [5.41, 5.74) is 2.27. The molecule has 24 heavy (non-hydrogen) atoms. The van der Waals surface area contributed by atoms with Gasteiger partial charge in [0, 0.05) is 31.0 Å². The topological polar surface area (TPSA) is 40.5 Å². The summed E-state index contributed by atoms with van der Waals surface area (Å²) in [7, 11) is 3.83. The van der Waals surface area contributed by atoms with E-state index in [1.807, 2.05) is 32.2 Å². The van der Waals surface area contributed by atoms with Crippen LogP contribution in [0.2, 0.25) is 5.02 Å². The van der Waals surface area contributed by atoms with Crippen LogP contribution in [0, 0.1) is 6.92 Å². The molecule has 1 aromatic heterocycles. The number of aliphatic imine (C=N–C) groups is 1. The minimum atomic E-state index is 0. The molecule has 4 nitrogen and oxygen atoms in total. The van der Waals surface area contributed by atoms with Gasteiger partial charge in [0.25, 0.3) is 0 Å². The molecule has 2 rings (SSSR count). The van der Waals surface area contributed by atoms with Crippen molar-refractivity contribution in [2.45, 2.75) is 26.3 Å². The van der Waals surface area contributed by atoms with E-state index in [0.29, 0.717) is 0 Å². The van der Waals surface area contributed by atoms with Crippen molar-refractivity contribution in [1.29, 1.82) is 0 Å². The predicted octanol–water partition coefficient (Wildman–Crippen LogP) is 4.36. The molecule has 0 radical (unpaired) electrons. The fourth-order valence-corrected chi connectivity index (χ4v) is 3.20. The van der Waals surface area contributed by atoms with Crippen molar-refractivity contribution in [1.82, 2.24) is 15.2 Å². The van der Waals surface area contributed by atoms with Crippen molar-refractivity contribution >= 4 is 52.9 Å². The van der Waals surface area contributed by atoms with Gasteiger partial charge >= 0.3 is 0 Å². The van der Waals surface area contributed by atoms with E-state index >= 15 is 0 Å². The average molecular weight is 479 g/mol. The van der Waals surface area contributed by atoms with Crippen molar-refractivity contribution in [2.75, 3.05) is 20.6 Å². The molecule has 2 aromatic rings. The van der Waals surface area contributed by atoms with Gasteiger partial charge < -0.3 is 10.2 Å². The highest BCUT2D eigenvalue weighted by Gasteiger charge is 2.08. The second-order valence-corrected chi connectivity index (χ2v) is 6.85. The first-order valence-corrected chi connectivity index (χ1v) is 8.92. The number of aryl methyl sites for hydroxylation is 2. The number of halogens is 2. The number of hydrogen-bond donors (Lipinski definition) is 1. The normalized spacial score (nSPS) is 11.1. The van der Waals surface area contributed by atoms with Crippen molar-refractivity contribution < 1.29 is 0 Å². The zero-order valence-electron chi connectivity index (χ0n) is 14.3. The number of thiazole rings is 1. The molecule has 0 bridgehead atoms. The first-order chi connectivity index (χ1) is 11.1. The molecule has 0 unspecified atom stereocenters. The molecule has 0 atom stereocenters. The third-order valence-corrected chi connectivity index (χ3v) is 4.69. The Morgan fingerprint density at radius 3 is 2.75 bits per heavy atom. The van der Waals surface area contributed by atoms with E-state index in [1.54, 1.807) is 18.4 Å². The van der Waals surface area contributed by atoms with E-state index in [9.17, 15) is 0 Å². The largest absolute Gasteiger partial charge is 0.356 e. The van der Waals surface area contributed by atoms with Crippen molar-refractivity contribution in [3.8, 4) is 0 Å². The highest BCUT2D eigenvalue weighted by Crippen LogP contribution is 2.16. The first-order valence-electron chi connectivity index (χ1n) is 7.66. The number of nitrogens with one attached hydrogen (secondary N) is 1. The van der Waals surface area contributed by atoms with Crippen LogP contribution >= 0.6 is 46.9 Å². The quantitative estimate of drug-likeness (QED) is 0.290. The lowest BCUT2D eigenvalue weighted by Gasteiger charge is -2.21. The number of nitrogens with zero attached hydrogens (tertiary/aromatic N) is 3. The number of guanidine groups is 1. The molecule has 0 fully saturated rings. The number of aromatic nitrogens is 1. The van der Waals surface area contributed by atoms with E-state index in [4.69, 9.17) is 11.6 Å². The van der Waals surface area contributed by atoms with Gasteiger partial charge in [0.05, 0.1) is 17.2 Å². The van der Waals surface area contributed by atoms with Gasteiger partial charge in [-0.1, -0.05) is 29.8 Å². The maximum absolute atomic E-state index is 6.18. The van der Waals surface area contributed by atoms with E-state index in [0.717, 1.165) is 47.6 Å². The molecule has 0 aliphatic heterocycles. The summed E-state index contributed by atoms with van der Waals surface area (Å²) in [4.78, 5) is 10.9. The maximum Gasteiger partial charge on any atom is 0.193 e. The molecular formula is C17H24ClIN4S. The van der Waals surface area contributed by atoms with Crippen LogP contribution in [-0.2, 0) is 13.0 Å². The van der Waals surface area contributed by atoms with Crippen LogP contribution in [0.4, 0.5) is 0 Å². The summed E-state index contributed by atoms with van der Waals surface area (Å²) >= 11 is 7.85. The van der Waals surface area contributed by atoms with E-state index in [-0.39, 0.29) is 24.0 Å². The fourth-order valence-electron chi connectivity index (χ4n) is 2.36. The highest BCUT2D eigenvalue weighted by atomic mass is 127. The van der Waals surface area contributed by atoms with Crippen LogP contribution < -0.4 is 5.32 Å². The molecule has 1 N–H and O–H groups in total. The van der Waals surface area contributed by atoms with Crippen molar-refractivity contribution in [3.05, 3.63) is 50.9 Å². The predicted molar refractivity (Wildman–Crippen MR) is 115 cm³/mol. The van der Waals surface area contributed by atoms with Gasteiger partial charge in [-0.15, -0.1) is 35.3 Å². The number of rotatable bonds is 6. The van der Waals surface area contributed by atoms with E-state index in [2.05, 4.69) is 31.6 Å². The third kappa shape index (κ3) is 6.57. The summed E-state index contributed by atoms with van der Waals surface area (Å²) in [6, 6.07) is 8.00. The summed E-state index contributed by atoms with van der Waals surface area (Å²) in [5.74, 6) is 0.884. The number of benzene rings is 1. The van der Waals surface area contributed by atoms with Crippen molar-refractivity contribution in [3.63, 3.8) is 0 Å². The fraction of sp³-hybridized carbons (Fsp3) is 0.412. The van der Waals surface area contributed by atoms with E-state index in [1.165, 1.54) is 5.56 Å². The van der Waals surface area contributed by atoms with Crippen LogP contribution in [0.25, 0.3) is 0 Å². The van der Waals surface area contributed by atoms with Crippen LogP contribution in [0.5, 0.6) is 0 Å². The Bertz CT molecular complexity index is 660. The Morgan fingerprint density at radius 2 is 2.12 bits per heavy atom. The van der Waals surface area contributed by atoms with Gasteiger partial charge in [-0.2, -0.15) is 0 Å². The molecule has 0 aliphatic carbocycles. The zero-order valence-corrected chi connectivity index (χ0v) is 18.2. The van der Waals surface area contributed by atoms with Gasteiger partial charge in [0.15, 0.2) is 5.96 Å². The summed E-state index contributed by atoms with van der Waals surface area (Å²) in [6.07, 6.45) is 1.96. The van der Waals surface area contributed by atoms with Gasteiger partial charge in [-0.05, 0) is 31.4 Å². The Balaban J connectivity index is 0.00000288. The van der Waals surface area contributed by atoms with Gasteiger partial charge in [-0.3, -0.25) is 4.99 Å². The van der Waals surface area contributed by atoms with Crippen molar-refractivity contribution in [2.24, 2.45) is 4.99 Å². The van der Waals surface area contributed by atoms with E-state index < -0.39 is 0 Å². The minimum Gasteiger partial charge on any atom is -0.356 e. The van der Waals surface area contributed by atoms with Crippen LogP contribution in [0.15, 0.2) is 34.6 Å². The minimum absolute atomic E-state index is 0. The smallest absolute Gasteiger partial charge is 0.193 e.